The molecule has 1 aliphatic heterocycles. The molecule has 0 unspecified atom stereocenters. The van der Waals surface area contributed by atoms with Crippen molar-refractivity contribution in [2.24, 2.45) is 0 Å². The summed E-state index contributed by atoms with van der Waals surface area (Å²) in [6.45, 7) is 0.315. The van der Waals surface area contributed by atoms with Crippen molar-refractivity contribution in [1.82, 2.24) is 4.90 Å². The van der Waals surface area contributed by atoms with Gasteiger partial charge < -0.3 is 14.6 Å². The number of phenolic OH excluding ortho intramolecular Hbond substituents is 1. The minimum absolute atomic E-state index is 0.146. The van der Waals surface area contributed by atoms with Crippen molar-refractivity contribution in [3.8, 4) is 17.2 Å². The third-order valence-corrected chi connectivity index (χ3v) is 5.56. The molecule has 1 aliphatic rings. The number of nitrogens with zero attached hydrogens (tertiary/aromatic N) is 1. The van der Waals surface area contributed by atoms with E-state index in [1.54, 1.807) is 43.5 Å². The Morgan fingerprint density at radius 1 is 1.19 bits per heavy atom. The molecule has 2 aromatic rings. The summed E-state index contributed by atoms with van der Waals surface area (Å²) in [5.74, 6) is 0.973. The first kappa shape index (κ1) is 19.6. The fourth-order valence-electron chi connectivity index (χ4n) is 2.44. The molecule has 0 bridgehead atoms. The van der Waals surface area contributed by atoms with Gasteiger partial charge in [0.15, 0.2) is 11.5 Å². The van der Waals surface area contributed by atoms with Crippen LogP contribution in [0.25, 0.3) is 6.08 Å². The molecular formula is C19H16INO5S. The van der Waals surface area contributed by atoms with Crippen molar-refractivity contribution in [2.45, 2.75) is 0 Å². The fourth-order valence-corrected chi connectivity index (χ4v) is 3.85. The molecule has 0 aromatic heterocycles. The number of benzene rings is 2. The summed E-state index contributed by atoms with van der Waals surface area (Å²) >= 11 is 2.90. The quantitative estimate of drug-likeness (QED) is 0.478. The summed E-state index contributed by atoms with van der Waals surface area (Å²) in [5, 5.41) is 9.25. The topological polar surface area (TPSA) is 76.1 Å². The molecule has 1 heterocycles. The monoisotopic (exact) mass is 497 g/mol. The maximum absolute atomic E-state index is 12.5. The number of phenols is 1. The predicted molar refractivity (Wildman–Crippen MR) is 112 cm³/mol. The highest BCUT2D eigenvalue weighted by molar-refractivity contribution is 14.1. The molecular weight excluding hydrogens is 481 g/mol. The molecule has 0 atom stereocenters. The number of ether oxygens (including phenoxy) is 2. The number of rotatable bonds is 6. The van der Waals surface area contributed by atoms with E-state index in [0.717, 1.165) is 22.2 Å². The maximum Gasteiger partial charge on any atom is 0.293 e. The number of carbonyl (C=O) groups is 2. The lowest BCUT2D eigenvalue weighted by Crippen LogP contribution is -2.32. The number of hydrogen-bond donors (Lipinski definition) is 1. The zero-order chi connectivity index (χ0) is 19.4. The summed E-state index contributed by atoms with van der Waals surface area (Å²) in [6.07, 6.45) is 1.65. The van der Waals surface area contributed by atoms with Crippen LogP contribution in [0, 0.1) is 3.57 Å². The summed E-state index contributed by atoms with van der Waals surface area (Å²) in [7, 11) is 1.55. The highest BCUT2D eigenvalue weighted by Gasteiger charge is 2.34. The van der Waals surface area contributed by atoms with Crippen LogP contribution in [0.5, 0.6) is 17.2 Å². The Bertz CT molecular complexity index is 915. The molecule has 0 aliphatic carbocycles. The number of halogens is 1. The van der Waals surface area contributed by atoms with Crippen LogP contribution >= 0.6 is 34.4 Å². The van der Waals surface area contributed by atoms with Crippen molar-refractivity contribution >= 4 is 51.6 Å². The Balaban J connectivity index is 1.65. The molecule has 0 saturated carbocycles. The standard InChI is InChI=1S/C19H16INO5S/c1-25-15-4-2-3-5-16(15)26-9-8-21-18(23)17(27-19(21)24)11-12-6-7-14(22)13(20)10-12/h2-7,10-11,22H,8-9H2,1H3/b17-11-. The maximum atomic E-state index is 12.5. The van der Waals surface area contributed by atoms with E-state index in [-0.39, 0.29) is 30.0 Å². The van der Waals surface area contributed by atoms with Gasteiger partial charge in [0.25, 0.3) is 11.1 Å². The van der Waals surface area contributed by atoms with Crippen molar-refractivity contribution < 1.29 is 24.2 Å². The Labute approximate surface area is 174 Å². The van der Waals surface area contributed by atoms with Gasteiger partial charge in [0.1, 0.15) is 12.4 Å². The lowest BCUT2D eigenvalue weighted by atomic mass is 10.2. The van der Waals surface area contributed by atoms with Crippen LogP contribution in [0.2, 0.25) is 0 Å². The lowest BCUT2D eigenvalue weighted by Gasteiger charge is -2.14. The largest absolute Gasteiger partial charge is 0.507 e. The van der Waals surface area contributed by atoms with E-state index in [9.17, 15) is 14.7 Å². The molecule has 1 fully saturated rings. The molecule has 2 amide bonds. The second-order valence-corrected chi connectivity index (χ2v) is 7.70. The third-order valence-electron chi connectivity index (χ3n) is 3.78. The van der Waals surface area contributed by atoms with Gasteiger partial charge >= 0.3 is 0 Å². The first-order chi connectivity index (χ1) is 13.0. The van der Waals surface area contributed by atoms with Gasteiger partial charge in [0, 0.05) is 0 Å². The van der Waals surface area contributed by atoms with Crippen LogP contribution in [0.3, 0.4) is 0 Å². The van der Waals surface area contributed by atoms with Crippen molar-refractivity contribution in [2.75, 3.05) is 20.3 Å². The molecule has 0 spiro atoms. The molecule has 8 heteroatoms. The highest BCUT2D eigenvalue weighted by Crippen LogP contribution is 2.33. The molecule has 1 saturated heterocycles. The number of imide groups is 1. The van der Waals surface area contributed by atoms with Gasteiger partial charge in [-0.05, 0) is 70.3 Å². The average molecular weight is 497 g/mol. The van der Waals surface area contributed by atoms with E-state index in [0.29, 0.717) is 20.0 Å². The Morgan fingerprint density at radius 3 is 2.63 bits per heavy atom. The highest BCUT2D eigenvalue weighted by atomic mass is 127. The van der Waals surface area contributed by atoms with Crippen LogP contribution in [-0.2, 0) is 4.79 Å². The Kier molecular flexibility index (Phi) is 6.27. The molecule has 1 N–H and O–H groups in total. The molecule has 140 valence electrons. The van der Waals surface area contributed by atoms with E-state index in [1.165, 1.54) is 0 Å². The first-order valence-electron chi connectivity index (χ1n) is 7.99. The van der Waals surface area contributed by atoms with Crippen LogP contribution < -0.4 is 9.47 Å². The van der Waals surface area contributed by atoms with Gasteiger partial charge in [-0.2, -0.15) is 0 Å². The minimum atomic E-state index is -0.350. The summed E-state index contributed by atoms with van der Waals surface area (Å²) in [5.41, 5.74) is 0.743. The van der Waals surface area contributed by atoms with E-state index in [1.807, 2.05) is 34.7 Å². The van der Waals surface area contributed by atoms with Crippen molar-refractivity contribution in [3.05, 3.63) is 56.5 Å². The molecule has 6 nitrogen and oxygen atoms in total. The summed E-state index contributed by atoms with van der Waals surface area (Å²) in [6, 6.07) is 12.2. The average Bonchev–Trinajstić information content (AvgIpc) is 2.92. The number of aromatic hydroxyl groups is 1. The molecule has 3 rings (SSSR count). The van der Waals surface area contributed by atoms with Gasteiger partial charge in [-0.1, -0.05) is 18.2 Å². The Morgan fingerprint density at radius 2 is 1.93 bits per heavy atom. The fraction of sp³-hybridized carbons (Fsp3) is 0.158. The summed E-state index contributed by atoms with van der Waals surface area (Å²) in [4.78, 5) is 26.2. The van der Waals surface area contributed by atoms with Crippen molar-refractivity contribution in [3.63, 3.8) is 0 Å². The van der Waals surface area contributed by atoms with Gasteiger partial charge in [-0.15, -0.1) is 0 Å². The van der Waals surface area contributed by atoms with Gasteiger partial charge in [0.2, 0.25) is 0 Å². The second-order valence-electron chi connectivity index (χ2n) is 5.54. The SMILES string of the molecule is COc1ccccc1OCCN1C(=O)S/C(=C\c2ccc(O)c(I)c2)C1=O. The van der Waals surface area contributed by atoms with E-state index in [2.05, 4.69) is 0 Å². The van der Waals surface area contributed by atoms with Gasteiger partial charge in [-0.3, -0.25) is 14.5 Å². The van der Waals surface area contributed by atoms with Crippen LogP contribution in [-0.4, -0.2) is 41.4 Å². The number of carbonyl (C=O) groups excluding carboxylic acids is 2. The minimum Gasteiger partial charge on any atom is -0.507 e. The number of thioether (sulfide) groups is 1. The van der Waals surface area contributed by atoms with Crippen molar-refractivity contribution in [1.29, 1.82) is 0 Å². The first-order valence-corrected chi connectivity index (χ1v) is 9.89. The smallest absolute Gasteiger partial charge is 0.293 e. The number of methoxy groups -OCH3 is 1. The number of amides is 2. The number of hydrogen-bond acceptors (Lipinski definition) is 6. The normalized spacial score (nSPS) is 15.5. The lowest BCUT2D eigenvalue weighted by molar-refractivity contribution is -0.123. The van der Waals surface area contributed by atoms with Crippen LogP contribution in [0.15, 0.2) is 47.4 Å². The van der Waals surface area contributed by atoms with Crippen LogP contribution in [0.4, 0.5) is 4.79 Å². The van der Waals surface area contributed by atoms with Gasteiger partial charge in [-0.25, -0.2) is 0 Å². The number of para-hydroxylation sites is 2. The second kappa shape index (κ2) is 8.66. The molecule has 0 radical (unpaired) electrons. The van der Waals surface area contributed by atoms with Crippen LogP contribution in [0.1, 0.15) is 5.56 Å². The van der Waals surface area contributed by atoms with E-state index >= 15 is 0 Å². The molecule has 27 heavy (non-hydrogen) atoms. The van der Waals surface area contributed by atoms with E-state index < -0.39 is 0 Å². The zero-order valence-electron chi connectivity index (χ0n) is 14.3. The van der Waals surface area contributed by atoms with Gasteiger partial charge in [0.05, 0.1) is 22.1 Å². The predicted octanol–water partition coefficient (Wildman–Crippen LogP) is 4.12. The van der Waals surface area contributed by atoms with E-state index in [4.69, 9.17) is 9.47 Å². The zero-order valence-corrected chi connectivity index (χ0v) is 17.3. The Hall–Kier alpha value is -2.20. The third kappa shape index (κ3) is 4.56. The molecule has 2 aromatic carbocycles. The summed E-state index contributed by atoms with van der Waals surface area (Å²) < 4.78 is 11.5.